The van der Waals surface area contributed by atoms with Crippen LogP contribution in [0.4, 0.5) is 13.2 Å². The average Bonchev–Trinajstić information content (AvgIpc) is 3.30. The zero-order valence-corrected chi connectivity index (χ0v) is 13.6. The zero-order chi connectivity index (χ0) is 18.9. The van der Waals surface area contributed by atoms with Crippen molar-refractivity contribution < 1.29 is 32.9 Å². The van der Waals surface area contributed by atoms with Gasteiger partial charge in [-0.2, -0.15) is 5.10 Å². The molecule has 0 radical (unpaired) electrons. The molecule has 2 atom stereocenters. The first-order valence-electron chi connectivity index (χ1n) is 7.94. The Balaban J connectivity index is 1.81. The maximum absolute atomic E-state index is 13.5. The number of hydrogen-bond donors (Lipinski definition) is 2. The van der Waals surface area contributed by atoms with Crippen molar-refractivity contribution in [2.45, 2.75) is 43.7 Å². The van der Waals surface area contributed by atoms with Crippen molar-refractivity contribution in [3.05, 3.63) is 47.8 Å². The van der Waals surface area contributed by atoms with E-state index in [4.69, 9.17) is 9.84 Å². The number of aromatic nitrogens is 2. The van der Waals surface area contributed by atoms with Gasteiger partial charge in [-0.25, -0.2) is 22.6 Å². The van der Waals surface area contributed by atoms with Crippen LogP contribution in [-0.2, 0) is 16.8 Å². The molecule has 0 aliphatic heterocycles. The number of alkyl halides is 3. The third kappa shape index (κ3) is 3.26. The number of aliphatic carboxylic acids is 1. The molecule has 6 nitrogen and oxygen atoms in total. The second kappa shape index (κ2) is 6.99. The highest BCUT2D eigenvalue weighted by atomic mass is 19.3. The van der Waals surface area contributed by atoms with E-state index < -0.39 is 30.2 Å². The van der Waals surface area contributed by atoms with Crippen LogP contribution in [0.15, 0.2) is 36.5 Å². The van der Waals surface area contributed by atoms with Gasteiger partial charge < -0.3 is 14.9 Å². The molecule has 1 aliphatic rings. The fourth-order valence-electron chi connectivity index (χ4n) is 3.00. The summed E-state index contributed by atoms with van der Waals surface area (Å²) in [5.41, 5.74) is -0.309. The van der Waals surface area contributed by atoms with Gasteiger partial charge in [0, 0.05) is 17.2 Å². The van der Waals surface area contributed by atoms with Gasteiger partial charge in [0.2, 0.25) is 0 Å². The molecule has 140 valence electrons. The highest BCUT2D eigenvalue weighted by molar-refractivity contribution is 5.76. The fraction of sp³-hybridized carbons (Fsp3) is 0.412. The summed E-state index contributed by atoms with van der Waals surface area (Å²) in [6.45, 7) is -0.233. The van der Waals surface area contributed by atoms with Crippen LogP contribution in [-0.4, -0.2) is 38.5 Å². The molecule has 26 heavy (non-hydrogen) atoms. The highest BCUT2D eigenvalue weighted by Gasteiger charge is 2.54. The maximum atomic E-state index is 13.5. The molecule has 2 unspecified atom stereocenters. The number of ether oxygens (including phenoxy) is 1. The van der Waals surface area contributed by atoms with Gasteiger partial charge in [0.1, 0.15) is 12.4 Å². The molecule has 9 heteroatoms. The minimum Gasteiger partial charge on any atom is -0.487 e. The number of para-hydroxylation sites is 1. The Bertz CT molecular complexity index is 792. The summed E-state index contributed by atoms with van der Waals surface area (Å²) in [6.07, 6.45) is -5.22. The Morgan fingerprint density at radius 1 is 1.27 bits per heavy atom. The number of benzene rings is 1. The maximum Gasteiger partial charge on any atom is 0.333 e. The van der Waals surface area contributed by atoms with Crippen molar-refractivity contribution in [1.29, 1.82) is 0 Å². The first-order valence-corrected chi connectivity index (χ1v) is 7.94. The Hall–Kier alpha value is -2.55. The molecule has 1 fully saturated rings. The summed E-state index contributed by atoms with van der Waals surface area (Å²) in [6, 6.07) is 7.95. The molecule has 0 amide bonds. The molecule has 0 saturated heterocycles. The Labute approximate surface area is 146 Å². The molecule has 3 rings (SSSR count). The molecule has 1 saturated carbocycles. The molecule has 1 aromatic carbocycles. The smallest absolute Gasteiger partial charge is 0.333 e. The lowest BCUT2D eigenvalue weighted by Crippen LogP contribution is -2.34. The Morgan fingerprint density at radius 3 is 2.58 bits per heavy atom. The lowest BCUT2D eigenvalue weighted by atomic mass is 9.89. The SMILES string of the molecule is O=C(O)C(O)C1(c2ccccc2OCc2ccnn2C(F)C(F)F)CC1. The van der Waals surface area contributed by atoms with Crippen LogP contribution in [0.25, 0.3) is 0 Å². The topological polar surface area (TPSA) is 84.6 Å². The van der Waals surface area contributed by atoms with Crippen LogP contribution in [0.1, 0.15) is 30.4 Å². The third-order valence-corrected chi connectivity index (χ3v) is 4.54. The fourth-order valence-corrected chi connectivity index (χ4v) is 3.00. The van der Waals surface area contributed by atoms with Crippen molar-refractivity contribution in [3.8, 4) is 5.75 Å². The summed E-state index contributed by atoms with van der Waals surface area (Å²) in [4.78, 5) is 11.2. The number of carbonyl (C=O) groups is 1. The van der Waals surface area contributed by atoms with Gasteiger partial charge >= 0.3 is 5.97 Å². The number of aliphatic hydroxyl groups excluding tert-OH is 1. The number of rotatable bonds is 8. The Kier molecular flexibility index (Phi) is 4.90. The molecule has 1 aliphatic carbocycles. The van der Waals surface area contributed by atoms with Gasteiger partial charge in [-0.3, -0.25) is 0 Å². The second-order valence-electron chi connectivity index (χ2n) is 6.16. The lowest BCUT2D eigenvalue weighted by molar-refractivity contribution is -0.148. The van der Waals surface area contributed by atoms with Crippen LogP contribution in [0, 0.1) is 0 Å². The van der Waals surface area contributed by atoms with Crippen LogP contribution < -0.4 is 4.74 Å². The minimum absolute atomic E-state index is 0.108. The molecule has 0 spiro atoms. The first-order chi connectivity index (χ1) is 12.4. The summed E-state index contributed by atoms with van der Waals surface area (Å²) in [5.74, 6) is -1.02. The summed E-state index contributed by atoms with van der Waals surface area (Å²) in [5, 5.41) is 22.7. The van der Waals surface area contributed by atoms with Crippen molar-refractivity contribution >= 4 is 5.97 Å². The van der Waals surface area contributed by atoms with E-state index in [-0.39, 0.29) is 12.3 Å². The van der Waals surface area contributed by atoms with Crippen molar-refractivity contribution in [1.82, 2.24) is 9.78 Å². The summed E-state index contributed by atoms with van der Waals surface area (Å²) >= 11 is 0. The standard InChI is InChI=1S/C17H17F3N2O4/c18-14(19)15(20)22-10(5-8-21-22)9-26-12-4-2-1-3-11(12)17(6-7-17)13(23)16(24)25/h1-5,8,13-15,23H,6-7,9H2,(H,24,25). The number of nitrogens with zero attached hydrogens (tertiary/aromatic N) is 2. The van der Waals surface area contributed by atoms with Crippen molar-refractivity contribution in [3.63, 3.8) is 0 Å². The van der Waals surface area contributed by atoms with Crippen LogP contribution in [0.2, 0.25) is 0 Å². The van der Waals surface area contributed by atoms with Crippen LogP contribution in [0.5, 0.6) is 5.75 Å². The number of hydrogen-bond acceptors (Lipinski definition) is 4. The van der Waals surface area contributed by atoms with Crippen LogP contribution in [0.3, 0.4) is 0 Å². The Morgan fingerprint density at radius 2 is 1.96 bits per heavy atom. The van der Waals surface area contributed by atoms with E-state index >= 15 is 0 Å². The molecule has 2 N–H and O–H groups in total. The van der Waals surface area contributed by atoms with Crippen molar-refractivity contribution in [2.24, 2.45) is 0 Å². The molecule has 2 aromatic rings. The summed E-state index contributed by atoms with van der Waals surface area (Å²) in [7, 11) is 0. The van der Waals surface area contributed by atoms with E-state index in [9.17, 15) is 23.1 Å². The second-order valence-corrected chi connectivity index (χ2v) is 6.16. The van der Waals surface area contributed by atoms with Gasteiger partial charge in [0.05, 0.1) is 5.69 Å². The lowest BCUT2D eigenvalue weighted by Gasteiger charge is -2.22. The van der Waals surface area contributed by atoms with E-state index in [1.807, 2.05) is 0 Å². The summed E-state index contributed by atoms with van der Waals surface area (Å²) < 4.78 is 44.9. The van der Waals surface area contributed by atoms with Crippen molar-refractivity contribution in [2.75, 3.05) is 0 Å². The first kappa shape index (κ1) is 18.2. The quantitative estimate of drug-likeness (QED) is 0.746. The van der Waals surface area contributed by atoms with Gasteiger partial charge in [-0.05, 0) is 25.0 Å². The van der Waals surface area contributed by atoms with Gasteiger partial charge in [0.25, 0.3) is 12.7 Å². The van der Waals surface area contributed by atoms with Gasteiger partial charge in [-0.1, -0.05) is 18.2 Å². The number of halogens is 3. The van der Waals surface area contributed by atoms with E-state index in [1.54, 1.807) is 24.3 Å². The van der Waals surface area contributed by atoms with E-state index in [1.165, 1.54) is 12.3 Å². The highest BCUT2D eigenvalue weighted by Crippen LogP contribution is 2.53. The zero-order valence-electron chi connectivity index (χ0n) is 13.6. The van der Waals surface area contributed by atoms with E-state index in [0.717, 1.165) is 0 Å². The normalized spacial score (nSPS) is 17.7. The third-order valence-electron chi connectivity index (χ3n) is 4.54. The largest absolute Gasteiger partial charge is 0.487 e. The number of carboxylic acid groups (broad SMARTS) is 1. The molecular formula is C17H17F3N2O4. The predicted octanol–water partition coefficient (Wildman–Crippen LogP) is 2.67. The molecular weight excluding hydrogens is 353 g/mol. The number of carboxylic acids is 1. The van der Waals surface area contributed by atoms with E-state index in [2.05, 4.69) is 5.10 Å². The van der Waals surface area contributed by atoms with Gasteiger partial charge in [-0.15, -0.1) is 0 Å². The van der Waals surface area contributed by atoms with Gasteiger partial charge in [0.15, 0.2) is 6.10 Å². The van der Waals surface area contributed by atoms with Crippen LogP contribution >= 0.6 is 0 Å². The average molecular weight is 370 g/mol. The molecule has 0 bridgehead atoms. The van der Waals surface area contributed by atoms with E-state index in [0.29, 0.717) is 28.8 Å². The minimum atomic E-state index is -3.22. The predicted molar refractivity (Wildman–Crippen MR) is 83.7 cm³/mol. The molecule has 1 aromatic heterocycles. The molecule has 1 heterocycles. The monoisotopic (exact) mass is 370 g/mol. The number of aliphatic hydroxyl groups is 1.